The maximum absolute atomic E-state index is 12.8. The van der Waals surface area contributed by atoms with E-state index < -0.39 is 12.0 Å². The highest BCUT2D eigenvalue weighted by atomic mass is 35.5. The largest absolute Gasteiger partial charge is 0.485 e. The molecular formula is C25H25ClN6O5. The SMILES string of the molecule is CCOC(=O)c1ccccc1NC(=O)Nc1cc(Cl)ccc1OCc1cc(=O)n2c(ncn2C(C)C)n1. The lowest BCUT2D eigenvalue weighted by molar-refractivity contribution is 0.0527. The monoisotopic (exact) mass is 524 g/mol. The van der Waals surface area contributed by atoms with Crippen LogP contribution in [0.2, 0.25) is 5.02 Å². The number of esters is 1. The Bertz CT molecular complexity index is 1510. The first-order valence-electron chi connectivity index (χ1n) is 11.5. The number of ether oxygens (including phenoxy) is 2. The second-order valence-electron chi connectivity index (χ2n) is 8.19. The number of hydrogen-bond donors (Lipinski definition) is 2. The second kappa shape index (κ2) is 11.1. The van der Waals surface area contributed by atoms with Gasteiger partial charge in [-0.15, -0.1) is 0 Å². The number of nitrogens with one attached hydrogen (secondary N) is 2. The fourth-order valence-corrected chi connectivity index (χ4v) is 3.72. The van der Waals surface area contributed by atoms with Gasteiger partial charge in [-0.25, -0.2) is 14.6 Å². The molecule has 2 aromatic heterocycles. The Morgan fingerprint density at radius 2 is 1.84 bits per heavy atom. The number of aromatic nitrogens is 4. The fourth-order valence-electron chi connectivity index (χ4n) is 3.54. The zero-order valence-electron chi connectivity index (χ0n) is 20.4. The highest BCUT2D eigenvalue weighted by Gasteiger charge is 2.16. The summed E-state index contributed by atoms with van der Waals surface area (Å²) in [6.45, 7) is 5.72. The Labute approximate surface area is 217 Å². The molecule has 4 rings (SSSR count). The van der Waals surface area contributed by atoms with Gasteiger partial charge in [-0.3, -0.25) is 9.48 Å². The molecule has 11 nitrogen and oxygen atoms in total. The van der Waals surface area contributed by atoms with E-state index in [9.17, 15) is 14.4 Å². The molecule has 2 heterocycles. The number of anilines is 2. The molecule has 4 aromatic rings. The first-order chi connectivity index (χ1) is 17.8. The number of nitrogens with zero attached hydrogens (tertiary/aromatic N) is 4. The van der Waals surface area contributed by atoms with Gasteiger partial charge in [0.15, 0.2) is 0 Å². The Kier molecular flexibility index (Phi) is 7.73. The van der Waals surface area contributed by atoms with Crippen LogP contribution >= 0.6 is 11.6 Å². The van der Waals surface area contributed by atoms with Crippen molar-refractivity contribution >= 4 is 40.8 Å². The number of rotatable bonds is 8. The highest BCUT2D eigenvalue weighted by molar-refractivity contribution is 6.31. The van der Waals surface area contributed by atoms with Crippen LogP contribution in [0.1, 0.15) is 42.9 Å². The fraction of sp³-hybridized carbons (Fsp3) is 0.240. The Balaban J connectivity index is 1.50. The third kappa shape index (κ3) is 5.89. The quantitative estimate of drug-likeness (QED) is 0.324. The molecule has 192 valence electrons. The van der Waals surface area contributed by atoms with E-state index in [2.05, 4.69) is 20.6 Å². The van der Waals surface area contributed by atoms with Gasteiger partial charge in [-0.05, 0) is 51.1 Å². The van der Waals surface area contributed by atoms with Crippen LogP contribution in [0, 0.1) is 0 Å². The topological polar surface area (TPSA) is 129 Å². The average Bonchev–Trinajstić information content (AvgIpc) is 3.29. The van der Waals surface area contributed by atoms with Gasteiger partial charge < -0.3 is 20.1 Å². The summed E-state index contributed by atoms with van der Waals surface area (Å²) in [5.74, 6) is 0.00520. The van der Waals surface area contributed by atoms with Crippen molar-refractivity contribution in [1.82, 2.24) is 19.2 Å². The zero-order chi connectivity index (χ0) is 26.5. The molecule has 0 saturated carbocycles. The predicted octanol–water partition coefficient (Wildman–Crippen LogP) is 4.53. The van der Waals surface area contributed by atoms with Crippen molar-refractivity contribution in [2.45, 2.75) is 33.4 Å². The summed E-state index contributed by atoms with van der Waals surface area (Å²) in [7, 11) is 0. The van der Waals surface area contributed by atoms with E-state index >= 15 is 0 Å². The van der Waals surface area contributed by atoms with Crippen LogP contribution < -0.4 is 20.9 Å². The van der Waals surface area contributed by atoms with E-state index in [0.717, 1.165) is 0 Å². The van der Waals surface area contributed by atoms with Crippen LogP contribution in [0.5, 0.6) is 5.75 Å². The summed E-state index contributed by atoms with van der Waals surface area (Å²) in [5, 5.41) is 5.69. The first kappa shape index (κ1) is 25.7. The van der Waals surface area contributed by atoms with E-state index in [1.807, 2.05) is 13.8 Å². The molecule has 2 N–H and O–H groups in total. The molecule has 0 atom stereocenters. The number of para-hydroxylation sites is 1. The van der Waals surface area contributed by atoms with Crippen LogP contribution in [0.4, 0.5) is 16.2 Å². The van der Waals surface area contributed by atoms with Crippen molar-refractivity contribution in [3.05, 3.63) is 81.5 Å². The van der Waals surface area contributed by atoms with E-state index in [1.54, 1.807) is 54.3 Å². The number of amides is 2. The van der Waals surface area contributed by atoms with E-state index in [-0.39, 0.29) is 47.5 Å². The maximum Gasteiger partial charge on any atom is 0.340 e. The van der Waals surface area contributed by atoms with E-state index in [1.165, 1.54) is 16.6 Å². The molecule has 0 aliphatic carbocycles. The third-order valence-corrected chi connectivity index (χ3v) is 5.45. The minimum Gasteiger partial charge on any atom is -0.485 e. The third-order valence-electron chi connectivity index (χ3n) is 5.22. The minimum absolute atomic E-state index is 0.0321. The summed E-state index contributed by atoms with van der Waals surface area (Å²) < 4.78 is 14.0. The van der Waals surface area contributed by atoms with Gasteiger partial charge >= 0.3 is 12.0 Å². The molecule has 0 radical (unpaired) electrons. The van der Waals surface area contributed by atoms with Gasteiger partial charge in [0.2, 0.25) is 0 Å². The standard InChI is InChI=1S/C25H25ClN6O5/c1-4-36-23(34)18-7-5-6-8-19(18)29-25(35)30-20-11-16(26)9-10-21(20)37-13-17-12-22(33)32-24(28-17)27-14-31(32)15(2)3/h5-12,14-15H,4,13H2,1-3H3,(H2,29,30,35). The molecule has 0 spiro atoms. The number of hydrogen-bond acceptors (Lipinski definition) is 7. The molecular weight excluding hydrogens is 500 g/mol. The minimum atomic E-state index is -0.624. The van der Waals surface area contributed by atoms with Gasteiger partial charge in [0.1, 0.15) is 18.7 Å². The van der Waals surface area contributed by atoms with Crippen molar-refractivity contribution in [1.29, 1.82) is 0 Å². The summed E-state index contributed by atoms with van der Waals surface area (Å²) in [4.78, 5) is 46.2. The number of halogens is 1. The smallest absolute Gasteiger partial charge is 0.340 e. The molecule has 0 saturated heterocycles. The summed E-state index contributed by atoms with van der Waals surface area (Å²) in [6.07, 6.45) is 1.55. The van der Waals surface area contributed by atoms with Crippen molar-refractivity contribution in [3.8, 4) is 5.75 Å². The molecule has 0 aliphatic heterocycles. The van der Waals surface area contributed by atoms with Gasteiger partial charge in [-0.2, -0.15) is 9.50 Å². The molecule has 0 unspecified atom stereocenters. The number of urea groups is 1. The molecule has 0 aliphatic rings. The maximum atomic E-state index is 12.8. The summed E-state index contributed by atoms with van der Waals surface area (Å²) >= 11 is 6.14. The van der Waals surface area contributed by atoms with E-state index in [0.29, 0.717) is 16.5 Å². The second-order valence-corrected chi connectivity index (χ2v) is 8.63. The van der Waals surface area contributed by atoms with Crippen molar-refractivity contribution < 1.29 is 19.1 Å². The van der Waals surface area contributed by atoms with Crippen LogP contribution in [-0.2, 0) is 11.3 Å². The number of carbonyl (C=O) groups excluding carboxylic acids is 2. The Morgan fingerprint density at radius 1 is 1.08 bits per heavy atom. The van der Waals surface area contributed by atoms with Crippen LogP contribution in [0.15, 0.2) is 59.7 Å². The summed E-state index contributed by atoms with van der Waals surface area (Å²) in [6, 6.07) is 12.0. The highest BCUT2D eigenvalue weighted by Crippen LogP contribution is 2.29. The van der Waals surface area contributed by atoms with E-state index in [4.69, 9.17) is 21.1 Å². The number of carbonyl (C=O) groups is 2. The summed E-state index contributed by atoms with van der Waals surface area (Å²) in [5.41, 5.74) is 0.855. The molecule has 2 amide bonds. The lowest BCUT2D eigenvalue weighted by atomic mass is 10.2. The van der Waals surface area contributed by atoms with Gasteiger partial charge in [-0.1, -0.05) is 23.7 Å². The molecule has 0 fully saturated rings. The molecule has 37 heavy (non-hydrogen) atoms. The van der Waals surface area contributed by atoms with Gasteiger partial charge in [0.05, 0.1) is 29.2 Å². The van der Waals surface area contributed by atoms with Gasteiger partial charge in [0.25, 0.3) is 11.3 Å². The lowest BCUT2D eigenvalue weighted by Gasteiger charge is -2.15. The lowest BCUT2D eigenvalue weighted by Crippen LogP contribution is -2.23. The van der Waals surface area contributed by atoms with Crippen molar-refractivity contribution in [2.24, 2.45) is 0 Å². The van der Waals surface area contributed by atoms with Crippen LogP contribution in [-0.4, -0.2) is 37.8 Å². The van der Waals surface area contributed by atoms with Crippen LogP contribution in [0.25, 0.3) is 5.78 Å². The Morgan fingerprint density at radius 3 is 2.59 bits per heavy atom. The van der Waals surface area contributed by atoms with Crippen LogP contribution in [0.3, 0.4) is 0 Å². The number of benzene rings is 2. The first-order valence-corrected chi connectivity index (χ1v) is 11.9. The number of fused-ring (bicyclic) bond motifs is 1. The van der Waals surface area contributed by atoms with Crippen molar-refractivity contribution in [2.75, 3.05) is 17.2 Å². The predicted molar refractivity (Wildman–Crippen MR) is 138 cm³/mol. The molecule has 12 heteroatoms. The van der Waals surface area contributed by atoms with Gasteiger partial charge in [0, 0.05) is 17.1 Å². The zero-order valence-corrected chi connectivity index (χ0v) is 21.2. The average molecular weight is 525 g/mol. The normalized spacial score (nSPS) is 10.9. The molecule has 2 aromatic carbocycles. The van der Waals surface area contributed by atoms with Crippen molar-refractivity contribution in [3.63, 3.8) is 0 Å². The molecule has 0 bridgehead atoms. The Hall–Kier alpha value is -4.38.